The number of rotatable bonds is 6. The summed E-state index contributed by atoms with van der Waals surface area (Å²) in [7, 11) is 0. The molecule has 3 amide bonds. The van der Waals surface area contributed by atoms with Gasteiger partial charge in [0, 0.05) is 5.54 Å². The lowest BCUT2D eigenvalue weighted by molar-refractivity contribution is -0.151. The van der Waals surface area contributed by atoms with E-state index in [9.17, 15) is 14.4 Å². The summed E-state index contributed by atoms with van der Waals surface area (Å²) >= 11 is 0. The van der Waals surface area contributed by atoms with E-state index in [-0.39, 0.29) is 5.92 Å². The number of carbonyl (C=O) groups excluding carboxylic acids is 3. The standard InChI is InChI=1S/C19H28N2O4/c1-6-13(2)16(14-10-8-7-9-11-14)17(23)25-12-15(22)20-18(24)21-19(3,4)5/h7-11,13,16H,6,12H2,1-5H3,(H2,20,21,22,24)/t13-,16-/m1/s1. The van der Waals surface area contributed by atoms with E-state index in [0.29, 0.717) is 0 Å². The van der Waals surface area contributed by atoms with Crippen LogP contribution >= 0.6 is 0 Å². The Morgan fingerprint density at radius 3 is 2.24 bits per heavy atom. The predicted octanol–water partition coefficient (Wildman–Crippen LogP) is 2.98. The monoisotopic (exact) mass is 348 g/mol. The molecule has 0 radical (unpaired) electrons. The van der Waals surface area contributed by atoms with Crippen molar-refractivity contribution < 1.29 is 19.1 Å². The summed E-state index contributed by atoms with van der Waals surface area (Å²) in [5.41, 5.74) is 0.392. The average molecular weight is 348 g/mol. The molecule has 0 aliphatic carbocycles. The lowest BCUT2D eigenvalue weighted by Crippen LogP contribution is -2.49. The summed E-state index contributed by atoms with van der Waals surface area (Å²) in [5.74, 6) is -1.50. The molecule has 0 saturated heterocycles. The second-order valence-electron chi connectivity index (χ2n) is 7.13. The average Bonchev–Trinajstić information content (AvgIpc) is 2.52. The number of hydrogen-bond donors (Lipinski definition) is 2. The Bertz CT molecular complexity index is 593. The first kappa shape index (κ1) is 20.7. The highest BCUT2D eigenvalue weighted by Gasteiger charge is 2.28. The molecule has 0 aliphatic rings. The molecule has 0 spiro atoms. The molecule has 2 N–H and O–H groups in total. The summed E-state index contributed by atoms with van der Waals surface area (Å²) < 4.78 is 5.14. The number of imide groups is 1. The first-order chi connectivity index (χ1) is 11.6. The van der Waals surface area contributed by atoms with Crippen molar-refractivity contribution >= 4 is 17.9 Å². The first-order valence-electron chi connectivity index (χ1n) is 8.47. The largest absolute Gasteiger partial charge is 0.455 e. The van der Waals surface area contributed by atoms with Gasteiger partial charge in [0.15, 0.2) is 6.61 Å². The molecular weight excluding hydrogens is 320 g/mol. The van der Waals surface area contributed by atoms with Gasteiger partial charge in [0.2, 0.25) is 0 Å². The van der Waals surface area contributed by atoms with Gasteiger partial charge < -0.3 is 10.1 Å². The van der Waals surface area contributed by atoms with E-state index in [1.165, 1.54) is 0 Å². The summed E-state index contributed by atoms with van der Waals surface area (Å²) in [6.07, 6.45) is 0.800. The highest BCUT2D eigenvalue weighted by molar-refractivity contribution is 5.96. The zero-order valence-corrected chi connectivity index (χ0v) is 15.6. The minimum atomic E-state index is -0.661. The maximum absolute atomic E-state index is 12.5. The number of carbonyl (C=O) groups is 3. The molecule has 6 nitrogen and oxygen atoms in total. The Morgan fingerprint density at radius 2 is 1.72 bits per heavy atom. The van der Waals surface area contributed by atoms with Gasteiger partial charge in [0.25, 0.3) is 5.91 Å². The molecule has 25 heavy (non-hydrogen) atoms. The Labute approximate surface area is 149 Å². The summed E-state index contributed by atoms with van der Waals surface area (Å²) in [6, 6.07) is 8.73. The van der Waals surface area contributed by atoms with Crippen molar-refractivity contribution in [1.29, 1.82) is 0 Å². The van der Waals surface area contributed by atoms with Gasteiger partial charge in [0.1, 0.15) is 0 Å². The van der Waals surface area contributed by atoms with E-state index < -0.39 is 36.0 Å². The van der Waals surface area contributed by atoms with Gasteiger partial charge in [-0.05, 0) is 32.3 Å². The van der Waals surface area contributed by atoms with Crippen LogP contribution in [-0.4, -0.2) is 30.1 Å². The van der Waals surface area contributed by atoms with Crippen molar-refractivity contribution in [3.8, 4) is 0 Å². The van der Waals surface area contributed by atoms with Gasteiger partial charge in [-0.25, -0.2) is 4.79 Å². The SMILES string of the molecule is CC[C@@H](C)[C@@H](C(=O)OCC(=O)NC(=O)NC(C)(C)C)c1ccccc1. The fraction of sp³-hybridized carbons (Fsp3) is 0.526. The van der Waals surface area contributed by atoms with Gasteiger partial charge in [-0.2, -0.15) is 0 Å². The Balaban J connectivity index is 2.63. The molecule has 0 unspecified atom stereocenters. The maximum Gasteiger partial charge on any atom is 0.321 e. The molecule has 0 saturated carbocycles. The molecular formula is C19H28N2O4. The predicted molar refractivity (Wildman–Crippen MR) is 96.0 cm³/mol. The topological polar surface area (TPSA) is 84.5 Å². The first-order valence-corrected chi connectivity index (χ1v) is 8.47. The second-order valence-corrected chi connectivity index (χ2v) is 7.13. The van der Waals surface area contributed by atoms with Gasteiger partial charge in [-0.15, -0.1) is 0 Å². The quantitative estimate of drug-likeness (QED) is 0.774. The summed E-state index contributed by atoms with van der Waals surface area (Å²) in [5, 5.41) is 4.75. The van der Waals surface area contributed by atoms with Crippen molar-refractivity contribution in [2.24, 2.45) is 5.92 Å². The van der Waals surface area contributed by atoms with Crippen LogP contribution in [0, 0.1) is 5.92 Å². The zero-order valence-electron chi connectivity index (χ0n) is 15.6. The van der Waals surface area contributed by atoms with Gasteiger partial charge in [0.05, 0.1) is 5.92 Å². The van der Waals surface area contributed by atoms with Crippen molar-refractivity contribution in [3.63, 3.8) is 0 Å². The molecule has 1 aromatic carbocycles. The van der Waals surface area contributed by atoms with Crippen molar-refractivity contribution in [2.75, 3.05) is 6.61 Å². The summed E-state index contributed by atoms with van der Waals surface area (Å²) in [6.45, 7) is 8.87. The van der Waals surface area contributed by atoms with Crippen LogP contribution in [0.25, 0.3) is 0 Å². The molecule has 6 heteroatoms. The van der Waals surface area contributed by atoms with E-state index in [1.54, 1.807) is 20.8 Å². The van der Waals surface area contributed by atoms with Gasteiger partial charge in [-0.3, -0.25) is 14.9 Å². The van der Waals surface area contributed by atoms with E-state index >= 15 is 0 Å². The van der Waals surface area contributed by atoms with Crippen molar-refractivity contribution in [2.45, 2.75) is 52.5 Å². The third kappa shape index (κ3) is 7.37. The number of urea groups is 1. The van der Waals surface area contributed by atoms with Crippen molar-refractivity contribution in [3.05, 3.63) is 35.9 Å². The molecule has 0 heterocycles. The molecule has 0 aliphatic heterocycles. The lowest BCUT2D eigenvalue weighted by atomic mass is 9.86. The van der Waals surface area contributed by atoms with E-state index in [1.807, 2.05) is 44.2 Å². The number of benzene rings is 1. The van der Waals surface area contributed by atoms with Gasteiger partial charge >= 0.3 is 12.0 Å². The van der Waals surface area contributed by atoms with Crippen LogP contribution in [0.2, 0.25) is 0 Å². The molecule has 0 fully saturated rings. The maximum atomic E-state index is 12.5. The molecule has 0 aromatic heterocycles. The fourth-order valence-corrected chi connectivity index (χ4v) is 2.35. The Morgan fingerprint density at radius 1 is 1.12 bits per heavy atom. The van der Waals surface area contributed by atoms with Crippen LogP contribution < -0.4 is 10.6 Å². The minimum absolute atomic E-state index is 0.0714. The third-order valence-electron chi connectivity index (χ3n) is 3.71. The fourth-order valence-electron chi connectivity index (χ4n) is 2.35. The number of amides is 3. The third-order valence-corrected chi connectivity index (χ3v) is 3.71. The summed E-state index contributed by atoms with van der Waals surface area (Å²) in [4.78, 5) is 35.9. The molecule has 1 aromatic rings. The number of esters is 1. The highest BCUT2D eigenvalue weighted by Crippen LogP contribution is 2.28. The Kier molecular flexibility index (Phi) is 7.61. The van der Waals surface area contributed by atoms with Crippen LogP contribution in [0.3, 0.4) is 0 Å². The van der Waals surface area contributed by atoms with Crippen LogP contribution in [0.4, 0.5) is 4.79 Å². The number of ether oxygens (including phenoxy) is 1. The molecule has 0 bridgehead atoms. The zero-order chi connectivity index (χ0) is 19.0. The normalized spacial score (nSPS) is 13.5. The lowest BCUT2D eigenvalue weighted by Gasteiger charge is -2.22. The molecule has 2 atom stereocenters. The van der Waals surface area contributed by atoms with Crippen LogP contribution in [0.5, 0.6) is 0 Å². The highest BCUT2D eigenvalue weighted by atomic mass is 16.5. The van der Waals surface area contributed by atoms with E-state index in [2.05, 4.69) is 10.6 Å². The number of hydrogen-bond acceptors (Lipinski definition) is 4. The van der Waals surface area contributed by atoms with Crippen LogP contribution in [0.1, 0.15) is 52.5 Å². The number of nitrogens with one attached hydrogen (secondary N) is 2. The molecule has 138 valence electrons. The minimum Gasteiger partial charge on any atom is -0.455 e. The van der Waals surface area contributed by atoms with Crippen LogP contribution in [-0.2, 0) is 14.3 Å². The molecule has 1 rings (SSSR count). The smallest absolute Gasteiger partial charge is 0.321 e. The van der Waals surface area contributed by atoms with Crippen molar-refractivity contribution in [1.82, 2.24) is 10.6 Å². The van der Waals surface area contributed by atoms with Crippen LogP contribution in [0.15, 0.2) is 30.3 Å². The second kappa shape index (κ2) is 9.20. The Hall–Kier alpha value is -2.37. The van der Waals surface area contributed by atoms with Gasteiger partial charge in [-0.1, -0.05) is 50.6 Å². The van der Waals surface area contributed by atoms with E-state index in [0.717, 1.165) is 12.0 Å². The van der Waals surface area contributed by atoms with E-state index in [4.69, 9.17) is 4.74 Å².